The van der Waals surface area contributed by atoms with E-state index in [1.165, 1.54) is 0 Å². The highest BCUT2D eigenvalue weighted by Crippen LogP contribution is 2.16. The van der Waals surface area contributed by atoms with Crippen LogP contribution in [0.1, 0.15) is 12.5 Å². The van der Waals surface area contributed by atoms with Crippen LogP contribution in [0.3, 0.4) is 0 Å². The highest BCUT2D eigenvalue weighted by molar-refractivity contribution is 5.96. The van der Waals surface area contributed by atoms with Gasteiger partial charge in [0.2, 0.25) is 11.8 Å². The van der Waals surface area contributed by atoms with Crippen molar-refractivity contribution in [2.24, 2.45) is 0 Å². The molecule has 7 nitrogen and oxygen atoms in total. The fraction of sp³-hybridized carbons (Fsp3) is 0.250. The lowest BCUT2D eigenvalue weighted by molar-refractivity contribution is -0.122. The van der Waals surface area contributed by atoms with E-state index in [0.717, 1.165) is 0 Å². The summed E-state index contributed by atoms with van der Waals surface area (Å²) in [5.41, 5.74) is 1.63. The lowest BCUT2D eigenvalue weighted by Gasteiger charge is -2.23. The summed E-state index contributed by atoms with van der Waals surface area (Å²) in [6, 6.07) is 15.2. The summed E-state index contributed by atoms with van der Waals surface area (Å²) in [5, 5.41) is 14.5. The van der Waals surface area contributed by atoms with Gasteiger partial charge in [-0.25, -0.2) is 0 Å². The van der Waals surface area contributed by atoms with Gasteiger partial charge in [0.25, 0.3) is 0 Å². The van der Waals surface area contributed by atoms with Crippen molar-refractivity contribution in [1.29, 1.82) is 5.26 Å². The van der Waals surface area contributed by atoms with Gasteiger partial charge in [-0.15, -0.1) is 0 Å². The minimum absolute atomic E-state index is 0.0457. The normalized spacial score (nSPS) is 11.4. The van der Waals surface area contributed by atoms with Crippen LogP contribution in [0.5, 0.6) is 5.75 Å². The van der Waals surface area contributed by atoms with Crippen LogP contribution in [-0.2, 0) is 9.59 Å². The van der Waals surface area contributed by atoms with E-state index < -0.39 is 6.04 Å². The number of likely N-dealkylation sites (N-methyl/N-ethyl adjacent to an activating group) is 1. The Morgan fingerprint density at radius 3 is 2.48 bits per heavy atom. The van der Waals surface area contributed by atoms with Crippen LogP contribution in [0.2, 0.25) is 0 Å². The third-order valence-corrected chi connectivity index (χ3v) is 4.05. The third kappa shape index (κ3) is 5.83. The van der Waals surface area contributed by atoms with Crippen molar-refractivity contribution in [2.75, 3.05) is 31.3 Å². The number of nitriles is 1. The average Bonchev–Trinajstić information content (AvgIpc) is 2.67. The maximum Gasteiger partial charge on any atom is 0.241 e. The molecular formula is C20H22N4O3. The largest absolute Gasteiger partial charge is 0.497 e. The average molecular weight is 366 g/mol. The SMILES string of the molecule is COc1cccc(NC(=O)CN(C)[C@@H](C)C(=O)Nc2cccc(C#N)c2)c1. The maximum atomic E-state index is 12.4. The summed E-state index contributed by atoms with van der Waals surface area (Å²) in [7, 11) is 3.25. The van der Waals surface area contributed by atoms with E-state index in [0.29, 0.717) is 22.7 Å². The molecule has 0 saturated heterocycles. The number of ether oxygens (including phenoxy) is 1. The van der Waals surface area contributed by atoms with Gasteiger partial charge in [-0.05, 0) is 44.3 Å². The first-order valence-electron chi connectivity index (χ1n) is 8.38. The number of carbonyl (C=O) groups excluding carboxylic acids is 2. The van der Waals surface area contributed by atoms with Gasteiger partial charge in [0.1, 0.15) is 5.75 Å². The Morgan fingerprint density at radius 2 is 1.81 bits per heavy atom. The number of hydrogen-bond donors (Lipinski definition) is 2. The number of anilines is 2. The van der Waals surface area contributed by atoms with Gasteiger partial charge in [0.15, 0.2) is 0 Å². The molecule has 0 unspecified atom stereocenters. The Kier molecular flexibility index (Phi) is 6.92. The van der Waals surface area contributed by atoms with Crippen molar-refractivity contribution in [3.63, 3.8) is 0 Å². The summed E-state index contributed by atoms with van der Waals surface area (Å²) in [6.45, 7) is 1.76. The van der Waals surface area contributed by atoms with E-state index in [9.17, 15) is 9.59 Å². The zero-order valence-electron chi connectivity index (χ0n) is 15.5. The van der Waals surface area contributed by atoms with Crippen molar-refractivity contribution in [3.05, 3.63) is 54.1 Å². The molecule has 0 aliphatic rings. The van der Waals surface area contributed by atoms with Gasteiger partial charge in [-0.1, -0.05) is 12.1 Å². The summed E-state index contributed by atoms with van der Waals surface area (Å²) < 4.78 is 5.13. The number of carbonyl (C=O) groups is 2. The van der Waals surface area contributed by atoms with Crippen LogP contribution in [0.4, 0.5) is 11.4 Å². The molecule has 0 heterocycles. The predicted molar refractivity (Wildman–Crippen MR) is 104 cm³/mol. The molecule has 0 saturated carbocycles. The molecule has 0 fully saturated rings. The zero-order chi connectivity index (χ0) is 19.8. The fourth-order valence-electron chi connectivity index (χ4n) is 2.38. The van der Waals surface area contributed by atoms with E-state index in [1.54, 1.807) is 74.5 Å². The first-order valence-corrected chi connectivity index (χ1v) is 8.38. The summed E-state index contributed by atoms with van der Waals surface area (Å²) in [5.74, 6) is 0.146. The first-order chi connectivity index (χ1) is 12.9. The molecule has 2 amide bonds. The number of benzene rings is 2. The molecule has 0 bridgehead atoms. The summed E-state index contributed by atoms with van der Waals surface area (Å²) >= 11 is 0. The van der Waals surface area contributed by atoms with E-state index >= 15 is 0 Å². The van der Waals surface area contributed by atoms with Gasteiger partial charge in [0.05, 0.1) is 31.3 Å². The van der Waals surface area contributed by atoms with E-state index in [1.807, 2.05) is 6.07 Å². The van der Waals surface area contributed by atoms with E-state index in [2.05, 4.69) is 10.6 Å². The Bertz CT molecular complexity index is 860. The smallest absolute Gasteiger partial charge is 0.241 e. The molecule has 2 aromatic carbocycles. The number of methoxy groups -OCH3 is 1. The number of amides is 2. The molecular weight excluding hydrogens is 344 g/mol. The molecule has 0 radical (unpaired) electrons. The van der Waals surface area contributed by atoms with Crippen LogP contribution in [-0.4, -0.2) is 43.5 Å². The number of nitrogens with zero attached hydrogens (tertiary/aromatic N) is 2. The second kappa shape index (κ2) is 9.36. The Balaban J connectivity index is 1.91. The quantitative estimate of drug-likeness (QED) is 0.785. The van der Waals surface area contributed by atoms with Crippen molar-refractivity contribution in [1.82, 2.24) is 4.90 Å². The summed E-state index contributed by atoms with van der Waals surface area (Å²) in [4.78, 5) is 26.3. The second-order valence-electron chi connectivity index (χ2n) is 6.05. The third-order valence-electron chi connectivity index (χ3n) is 4.05. The van der Waals surface area contributed by atoms with Gasteiger partial charge in [0, 0.05) is 17.4 Å². The molecule has 0 aromatic heterocycles. The molecule has 140 valence electrons. The Hall–Kier alpha value is -3.37. The van der Waals surface area contributed by atoms with E-state index in [-0.39, 0.29) is 18.4 Å². The monoisotopic (exact) mass is 366 g/mol. The van der Waals surface area contributed by atoms with Gasteiger partial charge < -0.3 is 15.4 Å². The Labute approximate surface area is 158 Å². The van der Waals surface area contributed by atoms with Crippen LogP contribution < -0.4 is 15.4 Å². The number of hydrogen-bond acceptors (Lipinski definition) is 5. The van der Waals surface area contributed by atoms with Crippen molar-refractivity contribution in [3.8, 4) is 11.8 Å². The van der Waals surface area contributed by atoms with Crippen LogP contribution in [0.25, 0.3) is 0 Å². The van der Waals surface area contributed by atoms with Crippen molar-refractivity contribution in [2.45, 2.75) is 13.0 Å². The Morgan fingerprint density at radius 1 is 1.15 bits per heavy atom. The first kappa shape index (κ1) is 19.9. The highest BCUT2D eigenvalue weighted by atomic mass is 16.5. The molecule has 1 atom stereocenters. The second-order valence-corrected chi connectivity index (χ2v) is 6.05. The van der Waals surface area contributed by atoms with Crippen LogP contribution in [0, 0.1) is 11.3 Å². The minimum atomic E-state index is -0.535. The van der Waals surface area contributed by atoms with Gasteiger partial charge in [-0.2, -0.15) is 5.26 Å². The molecule has 7 heteroatoms. The standard InChI is InChI=1S/C20H22N4O3/c1-14(20(26)23-16-7-4-6-15(10-16)12-21)24(2)13-19(25)22-17-8-5-9-18(11-17)27-3/h4-11,14H,13H2,1-3H3,(H,22,25)(H,23,26)/t14-/m0/s1. The fourth-order valence-corrected chi connectivity index (χ4v) is 2.38. The highest BCUT2D eigenvalue weighted by Gasteiger charge is 2.20. The molecule has 2 N–H and O–H groups in total. The lowest BCUT2D eigenvalue weighted by atomic mass is 10.2. The molecule has 0 aliphatic carbocycles. The van der Waals surface area contributed by atoms with Crippen molar-refractivity contribution >= 4 is 23.2 Å². The molecule has 27 heavy (non-hydrogen) atoms. The van der Waals surface area contributed by atoms with Gasteiger partial charge in [-0.3, -0.25) is 14.5 Å². The predicted octanol–water partition coefficient (Wildman–Crippen LogP) is 2.46. The molecule has 2 rings (SSSR count). The molecule has 0 spiro atoms. The van der Waals surface area contributed by atoms with Crippen LogP contribution >= 0.6 is 0 Å². The van der Waals surface area contributed by atoms with Crippen LogP contribution in [0.15, 0.2) is 48.5 Å². The number of rotatable bonds is 7. The minimum Gasteiger partial charge on any atom is -0.497 e. The van der Waals surface area contributed by atoms with Gasteiger partial charge >= 0.3 is 0 Å². The molecule has 0 aliphatic heterocycles. The van der Waals surface area contributed by atoms with Crippen molar-refractivity contribution < 1.29 is 14.3 Å². The zero-order valence-corrected chi connectivity index (χ0v) is 15.5. The topological polar surface area (TPSA) is 94.5 Å². The maximum absolute atomic E-state index is 12.4. The number of nitrogens with one attached hydrogen (secondary N) is 2. The van der Waals surface area contributed by atoms with E-state index in [4.69, 9.17) is 10.00 Å². The lowest BCUT2D eigenvalue weighted by Crippen LogP contribution is -2.43. The summed E-state index contributed by atoms with van der Waals surface area (Å²) in [6.07, 6.45) is 0. The molecule has 2 aromatic rings.